The van der Waals surface area contributed by atoms with Crippen LogP contribution in [-0.4, -0.2) is 9.55 Å². The molecule has 0 spiro atoms. The zero-order valence-electron chi connectivity index (χ0n) is 9.49. The van der Waals surface area contributed by atoms with Gasteiger partial charge in [-0.3, -0.25) is 4.79 Å². The lowest BCUT2D eigenvalue weighted by Crippen LogP contribution is -2.22. The van der Waals surface area contributed by atoms with Crippen LogP contribution in [0.15, 0.2) is 23.1 Å². The molecule has 4 heteroatoms. The number of hydrogen-bond acceptors (Lipinski definition) is 2. The molecular weight excluding hydrogens is 224 g/mol. The Morgan fingerprint density at radius 1 is 1.38 bits per heavy atom. The topological polar surface area (TPSA) is 34.9 Å². The summed E-state index contributed by atoms with van der Waals surface area (Å²) in [7, 11) is 1.76. The van der Waals surface area contributed by atoms with Crippen molar-refractivity contribution < 1.29 is 0 Å². The Morgan fingerprint density at radius 2 is 2.06 bits per heavy atom. The molecule has 2 rings (SSSR count). The highest BCUT2D eigenvalue weighted by Crippen LogP contribution is 2.19. The number of rotatable bonds is 1. The van der Waals surface area contributed by atoms with Crippen LogP contribution in [0.1, 0.15) is 25.3 Å². The minimum Gasteiger partial charge on any atom is -0.311 e. The van der Waals surface area contributed by atoms with Gasteiger partial charge in [-0.1, -0.05) is 25.4 Å². The van der Waals surface area contributed by atoms with E-state index in [2.05, 4.69) is 4.98 Å². The minimum absolute atomic E-state index is 0.0322. The van der Waals surface area contributed by atoms with Crippen LogP contribution < -0.4 is 5.56 Å². The van der Waals surface area contributed by atoms with Gasteiger partial charge in [0.05, 0.1) is 5.52 Å². The van der Waals surface area contributed by atoms with Gasteiger partial charge < -0.3 is 4.57 Å². The molecule has 0 N–H and O–H groups in total. The summed E-state index contributed by atoms with van der Waals surface area (Å²) in [5.74, 6) is 0.207. The lowest BCUT2D eigenvalue weighted by molar-refractivity contribution is 0.802. The maximum absolute atomic E-state index is 12.0. The Hall–Kier alpha value is -1.35. The van der Waals surface area contributed by atoms with Crippen molar-refractivity contribution in [1.29, 1.82) is 0 Å². The van der Waals surface area contributed by atoms with Gasteiger partial charge >= 0.3 is 0 Å². The first kappa shape index (κ1) is 11.1. The molecule has 2 aromatic rings. The molecule has 2 aromatic heterocycles. The summed E-state index contributed by atoms with van der Waals surface area (Å²) in [5.41, 5.74) is 1.65. The summed E-state index contributed by atoms with van der Waals surface area (Å²) >= 11 is 5.82. The van der Waals surface area contributed by atoms with Gasteiger partial charge in [0.2, 0.25) is 0 Å². The van der Waals surface area contributed by atoms with E-state index >= 15 is 0 Å². The normalized spacial score (nSPS) is 11.3. The predicted octanol–water partition coefficient (Wildman–Crippen LogP) is 2.71. The Labute approximate surface area is 98.7 Å². The monoisotopic (exact) mass is 236 g/mol. The SMILES string of the molecule is CC(C)c1cc2cnc(Cl)cc2n(C)c1=O. The van der Waals surface area contributed by atoms with E-state index in [4.69, 9.17) is 11.6 Å². The molecule has 2 heterocycles. The predicted molar refractivity (Wildman–Crippen MR) is 66.1 cm³/mol. The second-order valence-corrected chi connectivity index (χ2v) is 4.57. The average Bonchev–Trinajstić information content (AvgIpc) is 2.23. The first-order valence-electron chi connectivity index (χ1n) is 5.16. The average molecular weight is 237 g/mol. The van der Waals surface area contributed by atoms with E-state index in [1.54, 1.807) is 23.9 Å². The van der Waals surface area contributed by atoms with Crippen LogP contribution in [0, 0.1) is 0 Å². The van der Waals surface area contributed by atoms with Crippen molar-refractivity contribution in [2.45, 2.75) is 19.8 Å². The highest BCUT2D eigenvalue weighted by atomic mass is 35.5. The van der Waals surface area contributed by atoms with Crippen molar-refractivity contribution in [1.82, 2.24) is 9.55 Å². The van der Waals surface area contributed by atoms with Gasteiger partial charge in [-0.25, -0.2) is 4.98 Å². The molecule has 84 valence electrons. The largest absolute Gasteiger partial charge is 0.311 e. The fourth-order valence-corrected chi connectivity index (χ4v) is 1.93. The highest BCUT2D eigenvalue weighted by molar-refractivity contribution is 6.29. The second-order valence-electron chi connectivity index (χ2n) is 4.18. The van der Waals surface area contributed by atoms with Crippen LogP contribution in [0.3, 0.4) is 0 Å². The fourth-order valence-electron chi connectivity index (χ4n) is 1.78. The number of aromatic nitrogens is 2. The van der Waals surface area contributed by atoms with Crippen LogP contribution in [0.4, 0.5) is 0 Å². The maximum Gasteiger partial charge on any atom is 0.254 e. The molecule has 0 aliphatic heterocycles. The third-order valence-electron chi connectivity index (χ3n) is 2.72. The smallest absolute Gasteiger partial charge is 0.254 e. The lowest BCUT2D eigenvalue weighted by atomic mass is 10.0. The third-order valence-corrected chi connectivity index (χ3v) is 2.93. The van der Waals surface area contributed by atoms with Crippen molar-refractivity contribution in [2.75, 3.05) is 0 Å². The third kappa shape index (κ3) is 1.71. The zero-order chi connectivity index (χ0) is 11.9. The Bertz CT molecular complexity index is 602. The van der Waals surface area contributed by atoms with Gasteiger partial charge in [-0.05, 0) is 18.1 Å². The van der Waals surface area contributed by atoms with E-state index < -0.39 is 0 Å². The van der Waals surface area contributed by atoms with E-state index in [1.807, 2.05) is 19.9 Å². The number of pyridine rings is 2. The zero-order valence-corrected chi connectivity index (χ0v) is 10.2. The molecule has 0 aliphatic rings. The van der Waals surface area contributed by atoms with Crippen LogP contribution in [0.25, 0.3) is 10.9 Å². The molecule has 0 saturated carbocycles. The molecule has 0 fully saturated rings. The first-order chi connectivity index (χ1) is 7.50. The first-order valence-corrected chi connectivity index (χ1v) is 5.53. The molecule has 16 heavy (non-hydrogen) atoms. The highest BCUT2D eigenvalue weighted by Gasteiger charge is 2.10. The summed E-state index contributed by atoms with van der Waals surface area (Å²) in [6.07, 6.45) is 1.70. The maximum atomic E-state index is 12.0. The van der Waals surface area contributed by atoms with Gasteiger partial charge in [0, 0.05) is 24.2 Å². The van der Waals surface area contributed by atoms with Crippen molar-refractivity contribution in [3.63, 3.8) is 0 Å². The molecule has 0 atom stereocenters. The lowest BCUT2D eigenvalue weighted by Gasteiger charge is -2.10. The van der Waals surface area contributed by atoms with Crippen LogP contribution in [-0.2, 0) is 7.05 Å². The fraction of sp³-hybridized carbons (Fsp3) is 0.333. The Morgan fingerprint density at radius 3 is 2.69 bits per heavy atom. The molecular formula is C12H13ClN2O. The van der Waals surface area contributed by atoms with Gasteiger partial charge in [0.1, 0.15) is 5.15 Å². The van der Waals surface area contributed by atoms with E-state index in [0.29, 0.717) is 5.15 Å². The van der Waals surface area contributed by atoms with Gasteiger partial charge in [-0.2, -0.15) is 0 Å². The molecule has 0 radical (unpaired) electrons. The summed E-state index contributed by atoms with van der Waals surface area (Å²) in [5, 5.41) is 1.34. The Kier molecular flexibility index (Phi) is 2.72. The van der Waals surface area contributed by atoms with Crippen molar-refractivity contribution in [3.05, 3.63) is 39.4 Å². The van der Waals surface area contributed by atoms with Gasteiger partial charge in [-0.15, -0.1) is 0 Å². The van der Waals surface area contributed by atoms with Crippen molar-refractivity contribution in [2.24, 2.45) is 7.05 Å². The van der Waals surface area contributed by atoms with E-state index in [1.165, 1.54) is 0 Å². The van der Waals surface area contributed by atoms with E-state index in [9.17, 15) is 4.79 Å². The summed E-state index contributed by atoms with van der Waals surface area (Å²) in [6.45, 7) is 4.01. The molecule has 3 nitrogen and oxygen atoms in total. The summed E-state index contributed by atoms with van der Waals surface area (Å²) < 4.78 is 1.62. The molecule has 0 aliphatic carbocycles. The number of nitrogens with zero attached hydrogens (tertiary/aromatic N) is 2. The number of hydrogen-bond donors (Lipinski definition) is 0. The van der Waals surface area contributed by atoms with E-state index in [0.717, 1.165) is 16.5 Å². The van der Waals surface area contributed by atoms with Crippen LogP contribution in [0.5, 0.6) is 0 Å². The number of fused-ring (bicyclic) bond motifs is 1. The van der Waals surface area contributed by atoms with E-state index in [-0.39, 0.29) is 11.5 Å². The molecule has 0 aromatic carbocycles. The molecule has 0 amide bonds. The van der Waals surface area contributed by atoms with Gasteiger partial charge in [0.25, 0.3) is 5.56 Å². The second kappa shape index (κ2) is 3.91. The number of halogens is 1. The Balaban J connectivity index is 2.88. The quantitative estimate of drug-likeness (QED) is 0.714. The summed E-state index contributed by atoms with van der Waals surface area (Å²) in [6, 6.07) is 3.61. The minimum atomic E-state index is 0.0322. The van der Waals surface area contributed by atoms with Crippen molar-refractivity contribution in [3.8, 4) is 0 Å². The molecule has 0 saturated heterocycles. The van der Waals surface area contributed by atoms with Crippen molar-refractivity contribution >= 4 is 22.5 Å². The summed E-state index contributed by atoms with van der Waals surface area (Å²) in [4.78, 5) is 16.1. The molecule has 0 unspecified atom stereocenters. The van der Waals surface area contributed by atoms with Crippen LogP contribution >= 0.6 is 11.6 Å². The van der Waals surface area contributed by atoms with Crippen LogP contribution in [0.2, 0.25) is 5.15 Å². The molecule has 0 bridgehead atoms. The standard InChI is InChI=1S/C12H13ClN2O/c1-7(2)9-4-8-6-14-11(13)5-10(8)15(3)12(9)16/h4-7H,1-3H3. The van der Waals surface area contributed by atoms with Gasteiger partial charge in [0.15, 0.2) is 0 Å². The number of aryl methyl sites for hydroxylation is 1.